The molecule has 0 saturated carbocycles. The lowest BCUT2D eigenvalue weighted by Crippen LogP contribution is -1.55. The van der Waals surface area contributed by atoms with Crippen molar-refractivity contribution in [2.45, 2.75) is 85.1 Å². The zero-order chi connectivity index (χ0) is 28.2. The molecule has 34 heavy (non-hydrogen) atoms. The van der Waals surface area contributed by atoms with Crippen molar-refractivity contribution in [2.24, 2.45) is 0 Å². The minimum absolute atomic E-state index is 0. The fourth-order valence-corrected chi connectivity index (χ4v) is 0. The molecule has 0 aromatic heterocycles. The van der Waals surface area contributed by atoms with E-state index in [9.17, 15) is 0 Å². The summed E-state index contributed by atoms with van der Waals surface area (Å²) in [6.07, 6.45) is 0. The van der Waals surface area contributed by atoms with Gasteiger partial charge in [-0.1, -0.05) is 85.1 Å². The molecule has 0 rings (SSSR count). The molecule has 0 saturated heterocycles. The lowest BCUT2D eigenvalue weighted by Gasteiger charge is -1.61. The van der Waals surface area contributed by atoms with Crippen LogP contribution in [-0.2, 0) is 28.4 Å². The molecule has 0 aromatic carbocycles. The van der Waals surface area contributed by atoms with Gasteiger partial charge in [-0.25, -0.2) is 0 Å². The van der Waals surface area contributed by atoms with Crippen LogP contribution in [0.25, 0.3) is 0 Å². The highest BCUT2D eigenvalue weighted by molar-refractivity contribution is 3.58. The maximum absolute atomic E-state index is 7.00. The molecule has 0 amide bonds. The van der Waals surface area contributed by atoms with E-state index in [0.29, 0.717) is 0 Å². The van der Waals surface area contributed by atoms with Crippen LogP contribution in [0, 0.1) is 0 Å². The van der Waals surface area contributed by atoms with Crippen molar-refractivity contribution < 1.29 is 38.6 Å². The van der Waals surface area contributed by atoms with E-state index in [-0.39, 0.29) is 29.7 Å². The molecule has 0 fully saturated rings. The summed E-state index contributed by atoms with van der Waals surface area (Å²) in [6, 6.07) is 0. The van der Waals surface area contributed by atoms with Gasteiger partial charge < -0.3 is 38.6 Å². The number of methoxy groups -OCH3 is 6. The smallest absolute Gasteiger partial charge is 0.0351 e. The molecule has 0 aliphatic rings. The third-order valence-electron chi connectivity index (χ3n) is 0. The predicted molar refractivity (Wildman–Crippen MR) is 166 cm³/mol. The normalized spacial score (nSPS) is 4.24. The summed E-state index contributed by atoms with van der Waals surface area (Å²) in [7, 11) is 21.5. The maximum atomic E-state index is 7.00. The lowest BCUT2D eigenvalue weighted by molar-refractivity contribution is 0.277. The first kappa shape index (κ1) is 115. The summed E-state index contributed by atoms with van der Waals surface area (Å²) >= 11 is 0. The molecule has 0 aliphatic carbocycles. The Balaban J connectivity index is -0.00000000739. The highest BCUT2D eigenvalue weighted by Gasteiger charge is 1.27. The molecule has 8 nitrogen and oxygen atoms in total. The summed E-state index contributed by atoms with van der Waals surface area (Å²) < 4.78 is 25.5. The Morgan fingerprint density at radius 1 is 0.235 bits per heavy atom. The van der Waals surface area contributed by atoms with Crippen LogP contribution < -0.4 is 0 Å². The third kappa shape index (κ3) is 291000. The maximum Gasteiger partial charge on any atom is 0.0351 e. The number of hydrogen-bond donors (Lipinski definition) is 2. The molecule has 0 unspecified atom stereocenters. The summed E-state index contributed by atoms with van der Waals surface area (Å²) in [4.78, 5) is 0. The molecule has 8 heteroatoms. The Bertz CT molecular complexity index is 42.3. The van der Waals surface area contributed by atoms with Gasteiger partial charge in [-0.3, -0.25) is 0 Å². The fourth-order valence-electron chi connectivity index (χ4n) is 0. The fraction of sp³-hybridized carbons (Fsp3) is 1.00. The first-order valence-corrected chi connectivity index (χ1v) is 9.79. The van der Waals surface area contributed by atoms with Crippen molar-refractivity contribution in [3.63, 3.8) is 0 Å². The van der Waals surface area contributed by atoms with Gasteiger partial charge in [0.15, 0.2) is 0 Å². The molecule has 0 aromatic rings. The quantitative estimate of drug-likeness (QED) is 0.337. The summed E-state index contributed by atoms with van der Waals surface area (Å²) in [5, 5.41) is 14.0. The van der Waals surface area contributed by atoms with Gasteiger partial charge in [-0.05, 0) is 0 Å². The van der Waals surface area contributed by atoms with Crippen molar-refractivity contribution in [3.05, 3.63) is 0 Å². The largest absolute Gasteiger partial charge is 0.400 e. The second-order valence-electron chi connectivity index (χ2n) is 2.45. The number of aliphatic hydroxyl groups excluding tert-OH is 2. The van der Waals surface area contributed by atoms with Crippen LogP contribution in [0.15, 0.2) is 0 Å². The van der Waals surface area contributed by atoms with Crippen LogP contribution >= 0.6 is 0 Å². The highest BCUT2D eigenvalue weighted by atomic mass is 16.5. The van der Waals surface area contributed by atoms with Crippen molar-refractivity contribution in [1.82, 2.24) is 0 Å². The average Bonchev–Trinajstić information content (AvgIpc) is 2.80. The molecule has 0 atom stereocenters. The zero-order valence-corrected chi connectivity index (χ0v) is 25.3. The Kier molecular flexibility index (Phi) is 3440. The molecule has 236 valence electrons. The van der Waals surface area contributed by atoms with E-state index in [1.165, 1.54) is 0 Å². The van der Waals surface area contributed by atoms with E-state index in [2.05, 4.69) is 28.4 Å². The first-order chi connectivity index (χ1) is 14.5. The third-order valence-corrected chi connectivity index (χ3v) is 0. The van der Waals surface area contributed by atoms with Gasteiger partial charge in [0, 0.05) is 99.5 Å². The first-order valence-electron chi connectivity index (χ1n) is 9.79. The Labute approximate surface area is 223 Å². The van der Waals surface area contributed by atoms with Crippen LogP contribution in [-0.4, -0.2) is 110 Å². The topological polar surface area (TPSA) is 95.8 Å². The van der Waals surface area contributed by atoms with Crippen LogP contribution in [0.4, 0.5) is 0 Å². The van der Waals surface area contributed by atoms with E-state index in [0.717, 1.165) is 14.2 Å². The number of rotatable bonds is 0. The average molecular weight is 525 g/mol. The van der Waals surface area contributed by atoms with Gasteiger partial charge in [0.05, 0.1) is 0 Å². The number of ether oxygens (including phenoxy) is 6. The van der Waals surface area contributed by atoms with Crippen molar-refractivity contribution in [1.29, 1.82) is 0 Å². The van der Waals surface area contributed by atoms with Gasteiger partial charge >= 0.3 is 0 Å². The molecule has 0 heterocycles. The predicted octanol–water partition coefficient (Wildman–Crippen LogP) is 7.44. The van der Waals surface area contributed by atoms with Crippen LogP contribution in [0.5, 0.6) is 0 Å². The zero-order valence-electron chi connectivity index (χ0n) is 25.3. The number of aliphatic hydroxyl groups is 2. The van der Waals surface area contributed by atoms with Gasteiger partial charge in [0.2, 0.25) is 0 Å². The van der Waals surface area contributed by atoms with Crippen molar-refractivity contribution in [3.8, 4) is 0 Å². The number of hydrogen-bond acceptors (Lipinski definition) is 8. The van der Waals surface area contributed by atoms with Crippen LogP contribution in [0.1, 0.15) is 85.1 Å². The van der Waals surface area contributed by atoms with Crippen molar-refractivity contribution in [2.75, 3.05) is 99.5 Å². The minimum atomic E-state index is 0. The Hall–Kier alpha value is -0.320. The second kappa shape index (κ2) is 1020. The molecule has 0 bridgehead atoms. The Morgan fingerprint density at radius 2 is 0.235 bits per heavy atom. The van der Waals surface area contributed by atoms with E-state index in [1.807, 2.05) is 55.4 Å². The lowest BCUT2D eigenvalue weighted by atomic mass is 11.0. The van der Waals surface area contributed by atoms with E-state index < -0.39 is 0 Å². The summed E-state index contributed by atoms with van der Waals surface area (Å²) in [6.45, 7) is 16.0. The highest BCUT2D eigenvalue weighted by Crippen LogP contribution is 1.30. The van der Waals surface area contributed by atoms with Crippen LogP contribution in [0.2, 0.25) is 0 Å². The van der Waals surface area contributed by atoms with Gasteiger partial charge in [0.25, 0.3) is 0 Å². The molecular formula is C26H84O8. The van der Waals surface area contributed by atoms with Gasteiger partial charge in [-0.2, -0.15) is 0 Å². The van der Waals surface area contributed by atoms with Crippen LogP contribution in [0.3, 0.4) is 0 Å². The summed E-state index contributed by atoms with van der Waals surface area (Å²) in [5.74, 6) is 0. The monoisotopic (exact) mass is 525 g/mol. The summed E-state index contributed by atoms with van der Waals surface area (Å²) in [5.41, 5.74) is 0. The van der Waals surface area contributed by atoms with E-state index in [1.54, 1.807) is 85.3 Å². The minimum Gasteiger partial charge on any atom is -0.400 e. The SMILES string of the molecule is C.C.C.C.CC.CC.CC.CC.CO.CO.COC.COC.COC.COC.COC.COC. The van der Waals surface area contributed by atoms with E-state index >= 15 is 0 Å². The molecule has 0 spiro atoms. The molecule has 0 radical (unpaired) electrons. The van der Waals surface area contributed by atoms with Crippen molar-refractivity contribution >= 4 is 0 Å². The Morgan fingerprint density at radius 3 is 0.235 bits per heavy atom. The molecule has 0 aliphatic heterocycles. The molecule has 2 N–H and O–H groups in total. The molecular weight excluding hydrogens is 440 g/mol. The van der Waals surface area contributed by atoms with Gasteiger partial charge in [0.1, 0.15) is 0 Å². The van der Waals surface area contributed by atoms with E-state index in [4.69, 9.17) is 10.2 Å². The van der Waals surface area contributed by atoms with Gasteiger partial charge in [-0.15, -0.1) is 0 Å². The standard InChI is InChI=1S/6C2H6O.4C2H6.2CH4O.4CH4/c6*1-3-2;6*1-2;;;;/h6*1-2H3;4*1-2H3;2*2H,1H3;4*1H4. The second-order valence-corrected chi connectivity index (χ2v) is 2.45.